The molecule has 0 radical (unpaired) electrons. The molecule has 2 aliphatic heterocycles. The molecule has 130 valence electrons. The van der Waals surface area contributed by atoms with Crippen molar-refractivity contribution < 1.29 is 18.8 Å². The van der Waals surface area contributed by atoms with Crippen LogP contribution < -0.4 is 15.1 Å². The van der Waals surface area contributed by atoms with Crippen LogP contribution in [0.4, 0.5) is 5.69 Å². The van der Waals surface area contributed by atoms with Gasteiger partial charge in [0, 0.05) is 24.1 Å². The fourth-order valence-corrected chi connectivity index (χ4v) is 3.12. The molecule has 1 aromatic rings. The second-order valence-electron chi connectivity index (χ2n) is 7.52. The summed E-state index contributed by atoms with van der Waals surface area (Å²) in [4.78, 5) is 14.1. The van der Waals surface area contributed by atoms with E-state index in [4.69, 9.17) is 14.0 Å². The van der Waals surface area contributed by atoms with Crippen molar-refractivity contribution in [2.24, 2.45) is 0 Å². The van der Waals surface area contributed by atoms with Gasteiger partial charge in [-0.2, -0.15) is 0 Å². The van der Waals surface area contributed by atoms with Gasteiger partial charge in [0.05, 0.1) is 18.3 Å². The number of carbonyl (C=O) groups excluding carboxylic acids is 1. The molecule has 1 amide bonds. The zero-order valence-corrected chi connectivity index (χ0v) is 15.2. The molecule has 5 nitrogen and oxygen atoms in total. The highest BCUT2D eigenvalue weighted by Crippen LogP contribution is 2.37. The third-order valence-electron chi connectivity index (χ3n) is 5.36. The minimum Gasteiger partial charge on any atom is -0.497 e. The van der Waals surface area contributed by atoms with Crippen LogP contribution >= 0.6 is 0 Å². The summed E-state index contributed by atoms with van der Waals surface area (Å²) >= 11 is 0. The maximum absolute atomic E-state index is 12.2. The highest BCUT2D eigenvalue weighted by molar-refractivity contribution is 6.63. The summed E-state index contributed by atoms with van der Waals surface area (Å²) in [5.74, 6) is 0.882. The van der Waals surface area contributed by atoms with E-state index >= 15 is 0 Å². The molecular formula is C18H26BNO4. The predicted octanol–water partition coefficient (Wildman–Crippen LogP) is 2.51. The fourth-order valence-electron chi connectivity index (χ4n) is 3.12. The lowest BCUT2D eigenvalue weighted by atomic mass is 9.78. The van der Waals surface area contributed by atoms with Crippen LogP contribution in [0.15, 0.2) is 18.2 Å². The first-order valence-corrected chi connectivity index (χ1v) is 8.59. The summed E-state index contributed by atoms with van der Waals surface area (Å²) in [5.41, 5.74) is 0.872. The molecule has 2 fully saturated rings. The number of piperidine rings is 1. The molecule has 0 N–H and O–H groups in total. The van der Waals surface area contributed by atoms with Gasteiger partial charge >= 0.3 is 7.12 Å². The summed E-state index contributed by atoms with van der Waals surface area (Å²) in [6.45, 7) is 8.86. The number of benzene rings is 1. The highest BCUT2D eigenvalue weighted by Gasteiger charge is 2.52. The van der Waals surface area contributed by atoms with Crippen molar-refractivity contribution in [1.29, 1.82) is 0 Å². The van der Waals surface area contributed by atoms with Gasteiger partial charge in [0.25, 0.3) is 0 Å². The van der Waals surface area contributed by atoms with Gasteiger partial charge in [0.2, 0.25) is 5.91 Å². The van der Waals surface area contributed by atoms with Crippen molar-refractivity contribution in [2.75, 3.05) is 18.6 Å². The summed E-state index contributed by atoms with van der Waals surface area (Å²) in [6.07, 6.45) is 2.61. The standard InChI is InChI=1S/C18H26BNO4/c1-17(2)18(3,4)24-19(23-17)14-12-13(9-10-15(14)22-5)20-11-7-6-8-16(20)21/h9-10,12H,6-8,11H2,1-5H3. The van der Waals surface area contributed by atoms with Crippen molar-refractivity contribution >= 4 is 24.2 Å². The van der Waals surface area contributed by atoms with Gasteiger partial charge in [-0.3, -0.25) is 4.79 Å². The van der Waals surface area contributed by atoms with Crippen molar-refractivity contribution in [3.05, 3.63) is 18.2 Å². The first-order valence-electron chi connectivity index (χ1n) is 8.59. The number of methoxy groups -OCH3 is 1. The van der Waals surface area contributed by atoms with E-state index in [1.54, 1.807) is 7.11 Å². The molecule has 2 aliphatic rings. The number of amides is 1. The molecule has 0 unspecified atom stereocenters. The number of ether oxygens (including phenoxy) is 1. The van der Waals surface area contributed by atoms with Crippen LogP contribution in [0.2, 0.25) is 0 Å². The van der Waals surface area contributed by atoms with Crippen LogP contribution in [0, 0.1) is 0 Å². The molecular weight excluding hydrogens is 305 g/mol. The Bertz CT molecular complexity index is 628. The van der Waals surface area contributed by atoms with Crippen LogP contribution in [-0.4, -0.2) is 37.9 Å². The Morgan fingerprint density at radius 1 is 1.12 bits per heavy atom. The molecule has 0 aromatic heterocycles. The van der Waals surface area contributed by atoms with E-state index in [0.29, 0.717) is 12.2 Å². The molecule has 0 bridgehead atoms. The molecule has 24 heavy (non-hydrogen) atoms. The lowest BCUT2D eigenvalue weighted by Crippen LogP contribution is -2.41. The Morgan fingerprint density at radius 2 is 1.79 bits per heavy atom. The van der Waals surface area contributed by atoms with Gasteiger partial charge in [-0.15, -0.1) is 0 Å². The van der Waals surface area contributed by atoms with Crippen LogP contribution in [0.5, 0.6) is 5.75 Å². The van der Waals surface area contributed by atoms with Crippen LogP contribution in [-0.2, 0) is 14.1 Å². The average Bonchev–Trinajstić information content (AvgIpc) is 2.75. The maximum Gasteiger partial charge on any atom is 0.498 e. The normalized spacial score (nSPS) is 22.8. The van der Waals surface area contributed by atoms with Crippen LogP contribution in [0.1, 0.15) is 47.0 Å². The van der Waals surface area contributed by atoms with E-state index in [9.17, 15) is 4.79 Å². The number of rotatable bonds is 3. The maximum atomic E-state index is 12.2. The third kappa shape index (κ3) is 2.93. The Balaban J connectivity index is 1.95. The molecule has 0 saturated carbocycles. The van der Waals surface area contributed by atoms with E-state index in [2.05, 4.69) is 0 Å². The fraction of sp³-hybridized carbons (Fsp3) is 0.611. The first-order chi connectivity index (χ1) is 11.2. The van der Waals surface area contributed by atoms with E-state index in [-0.39, 0.29) is 5.91 Å². The molecule has 0 aliphatic carbocycles. The Labute approximate surface area is 144 Å². The quantitative estimate of drug-likeness (QED) is 0.799. The smallest absolute Gasteiger partial charge is 0.497 e. The highest BCUT2D eigenvalue weighted by atomic mass is 16.7. The Hall–Kier alpha value is -1.53. The molecule has 6 heteroatoms. The molecule has 2 saturated heterocycles. The van der Waals surface area contributed by atoms with Crippen molar-refractivity contribution in [3.63, 3.8) is 0 Å². The molecule has 0 spiro atoms. The lowest BCUT2D eigenvalue weighted by Gasteiger charge is -2.32. The second kappa shape index (κ2) is 6.08. The minimum absolute atomic E-state index is 0.172. The van der Waals surface area contributed by atoms with Crippen molar-refractivity contribution in [2.45, 2.75) is 58.2 Å². The lowest BCUT2D eigenvalue weighted by molar-refractivity contribution is -0.119. The summed E-state index contributed by atoms with van der Waals surface area (Å²) < 4.78 is 17.8. The van der Waals surface area contributed by atoms with Gasteiger partial charge in [0.1, 0.15) is 5.75 Å². The van der Waals surface area contributed by atoms with Gasteiger partial charge in [-0.25, -0.2) is 0 Å². The van der Waals surface area contributed by atoms with Gasteiger partial charge in [-0.05, 0) is 58.7 Å². The summed E-state index contributed by atoms with van der Waals surface area (Å²) in [7, 11) is 1.13. The van der Waals surface area contributed by atoms with Gasteiger partial charge in [-0.1, -0.05) is 0 Å². The second-order valence-corrected chi connectivity index (χ2v) is 7.52. The number of hydrogen-bond donors (Lipinski definition) is 0. The van der Waals surface area contributed by atoms with E-state index < -0.39 is 18.3 Å². The van der Waals surface area contributed by atoms with Crippen LogP contribution in [0.3, 0.4) is 0 Å². The monoisotopic (exact) mass is 331 g/mol. The number of anilines is 1. The zero-order valence-electron chi connectivity index (χ0n) is 15.2. The SMILES string of the molecule is COc1ccc(N2CCCCC2=O)cc1B1OC(C)(C)C(C)(C)O1. The van der Waals surface area contributed by atoms with Gasteiger partial charge < -0.3 is 18.9 Å². The molecule has 1 aromatic carbocycles. The number of carbonyl (C=O) groups is 1. The van der Waals surface area contributed by atoms with E-state index in [1.807, 2.05) is 50.8 Å². The summed E-state index contributed by atoms with van der Waals surface area (Å²) in [6, 6.07) is 5.78. The zero-order chi connectivity index (χ0) is 17.5. The topological polar surface area (TPSA) is 48.0 Å². The number of hydrogen-bond acceptors (Lipinski definition) is 4. The van der Waals surface area contributed by atoms with Crippen LogP contribution in [0.25, 0.3) is 0 Å². The molecule has 3 rings (SSSR count). The predicted molar refractivity (Wildman–Crippen MR) is 94.9 cm³/mol. The van der Waals surface area contributed by atoms with Crippen molar-refractivity contribution in [3.8, 4) is 5.75 Å². The first kappa shape index (κ1) is 17.3. The molecule has 2 heterocycles. The summed E-state index contributed by atoms with van der Waals surface area (Å²) in [5, 5.41) is 0. The minimum atomic E-state index is -0.509. The van der Waals surface area contributed by atoms with E-state index in [1.165, 1.54) is 0 Å². The third-order valence-corrected chi connectivity index (χ3v) is 5.36. The molecule has 0 atom stereocenters. The van der Waals surface area contributed by atoms with Crippen molar-refractivity contribution in [1.82, 2.24) is 0 Å². The largest absolute Gasteiger partial charge is 0.498 e. The number of nitrogens with zero attached hydrogens (tertiary/aromatic N) is 1. The Morgan fingerprint density at radius 3 is 2.38 bits per heavy atom. The Kier molecular flexibility index (Phi) is 4.38. The van der Waals surface area contributed by atoms with Gasteiger partial charge in [0.15, 0.2) is 0 Å². The average molecular weight is 331 g/mol. The van der Waals surface area contributed by atoms with E-state index in [0.717, 1.165) is 30.5 Å².